The van der Waals surface area contributed by atoms with Gasteiger partial charge in [0.25, 0.3) is 7.82 Å². The zero-order valence-electron chi connectivity index (χ0n) is 47.9. The number of nitrogens with zero attached hydrogens (tertiary/aromatic N) is 1. The van der Waals surface area contributed by atoms with E-state index < -0.39 is 20.0 Å². The van der Waals surface area contributed by atoms with E-state index in [1.807, 2.05) is 27.2 Å². The monoisotopic (exact) mass is 1020 g/mol. The summed E-state index contributed by atoms with van der Waals surface area (Å²) in [7, 11) is 1.27. The molecule has 0 bridgehead atoms. The smallest absolute Gasteiger partial charge is 0.268 e. The van der Waals surface area contributed by atoms with E-state index in [9.17, 15) is 19.4 Å². The van der Waals surface area contributed by atoms with Crippen molar-refractivity contribution < 1.29 is 32.9 Å². The van der Waals surface area contributed by atoms with E-state index in [1.54, 1.807) is 6.08 Å². The Morgan fingerprint density at radius 3 is 1.17 bits per heavy atom. The molecule has 1 amide bonds. The summed E-state index contributed by atoms with van der Waals surface area (Å²) in [5.74, 6) is -0.195. The van der Waals surface area contributed by atoms with E-state index in [4.69, 9.17) is 9.05 Å². The van der Waals surface area contributed by atoms with Crippen LogP contribution in [0.2, 0.25) is 0 Å². The molecule has 420 valence electrons. The first kappa shape index (κ1) is 69.7. The number of aliphatic hydroxyl groups excluding tert-OH is 1. The summed E-state index contributed by atoms with van der Waals surface area (Å²) in [6, 6.07) is -0.884. The van der Waals surface area contributed by atoms with Gasteiger partial charge in [0, 0.05) is 6.42 Å². The molecule has 0 aromatic heterocycles. The van der Waals surface area contributed by atoms with Gasteiger partial charge in [-0.05, 0) is 51.4 Å². The van der Waals surface area contributed by atoms with Crippen molar-refractivity contribution in [1.29, 1.82) is 0 Å². The molecule has 3 atom stereocenters. The molecular weight excluding hydrogens is 900 g/mol. The number of hydrogen-bond acceptors (Lipinski definition) is 6. The third-order valence-corrected chi connectivity index (χ3v) is 15.1. The molecule has 0 saturated carbocycles. The van der Waals surface area contributed by atoms with Crippen LogP contribution in [0.4, 0.5) is 0 Å². The first-order valence-electron chi connectivity index (χ1n) is 30.9. The summed E-state index contributed by atoms with van der Waals surface area (Å²) in [5.41, 5.74) is 0. The fourth-order valence-corrected chi connectivity index (χ4v) is 9.97. The van der Waals surface area contributed by atoms with Crippen LogP contribution in [0.3, 0.4) is 0 Å². The molecule has 0 aromatic carbocycles. The molecule has 0 aromatic rings. The molecule has 8 nitrogen and oxygen atoms in total. The minimum Gasteiger partial charge on any atom is -0.756 e. The van der Waals surface area contributed by atoms with E-state index in [0.29, 0.717) is 17.4 Å². The van der Waals surface area contributed by atoms with Gasteiger partial charge in [-0.25, -0.2) is 0 Å². The Hall–Kier alpha value is -1.28. The number of hydrogen-bond donors (Lipinski definition) is 2. The summed E-state index contributed by atoms with van der Waals surface area (Å²) in [6.07, 6.45) is 69.7. The Bertz CT molecular complexity index is 1250. The number of unbranched alkanes of at least 4 members (excludes halogenated alkanes) is 40. The number of rotatable bonds is 57. The predicted octanol–water partition coefficient (Wildman–Crippen LogP) is 18.3. The normalized spacial score (nSPS) is 14.1. The number of carbonyl (C=O) groups is 1. The van der Waals surface area contributed by atoms with Crippen molar-refractivity contribution in [2.45, 2.75) is 315 Å². The Kier molecular flexibility index (Phi) is 52.6. The van der Waals surface area contributed by atoms with Crippen molar-refractivity contribution in [3.05, 3.63) is 36.5 Å². The maximum absolute atomic E-state index is 12.9. The minimum absolute atomic E-state index is 0.000129. The second kappa shape index (κ2) is 53.5. The van der Waals surface area contributed by atoms with Gasteiger partial charge in [-0.15, -0.1) is 0 Å². The van der Waals surface area contributed by atoms with Crippen molar-refractivity contribution in [3.63, 3.8) is 0 Å². The number of amides is 1. The Balaban J connectivity index is 3.91. The highest BCUT2D eigenvalue weighted by Crippen LogP contribution is 2.38. The molecule has 0 aliphatic heterocycles. The topological polar surface area (TPSA) is 108 Å². The predicted molar refractivity (Wildman–Crippen MR) is 307 cm³/mol. The highest BCUT2D eigenvalue weighted by atomic mass is 31.2. The SMILES string of the molecule is CCCCCCCCCCCC/C=C/C(O)C(COP(=O)([O-])OCC[N+](C)(C)C)NC(=O)CCCCCCCCCCCCCCCCCCC/C=C\C/C=C\CCCCCCCCCCCCCCC. The van der Waals surface area contributed by atoms with Crippen LogP contribution in [0.1, 0.15) is 303 Å². The van der Waals surface area contributed by atoms with Crippen LogP contribution >= 0.6 is 7.82 Å². The molecule has 0 aliphatic carbocycles. The molecule has 0 saturated heterocycles. The molecular formula is C62H121N2O6P. The second-order valence-corrected chi connectivity index (χ2v) is 23.8. The van der Waals surface area contributed by atoms with Gasteiger partial charge in [0.05, 0.1) is 39.9 Å². The lowest BCUT2D eigenvalue weighted by molar-refractivity contribution is -0.870. The minimum atomic E-state index is -4.59. The number of nitrogens with one attached hydrogen (secondary N) is 1. The van der Waals surface area contributed by atoms with Gasteiger partial charge in [0.2, 0.25) is 5.91 Å². The first-order chi connectivity index (χ1) is 34.5. The number of phosphoric ester groups is 1. The number of likely N-dealkylation sites (N-methyl/N-ethyl adjacent to an activating group) is 1. The van der Waals surface area contributed by atoms with Crippen molar-refractivity contribution in [2.75, 3.05) is 40.9 Å². The fraction of sp³-hybridized carbons (Fsp3) is 0.887. The van der Waals surface area contributed by atoms with Crippen molar-refractivity contribution >= 4 is 13.7 Å². The molecule has 0 radical (unpaired) electrons. The van der Waals surface area contributed by atoms with Gasteiger partial charge >= 0.3 is 0 Å². The largest absolute Gasteiger partial charge is 0.756 e. The highest BCUT2D eigenvalue weighted by Gasteiger charge is 2.23. The van der Waals surface area contributed by atoms with Crippen LogP contribution in [0.15, 0.2) is 36.5 Å². The lowest BCUT2D eigenvalue weighted by Crippen LogP contribution is -2.45. The zero-order valence-corrected chi connectivity index (χ0v) is 48.8. The fourth-order valence-electron chi connectivity index (χ4n) is 9.25. The maximum Gasteiger partial charge on any atom is 0.268 e. The van der Waals surface area contributed by atoms with E-state index in [2.05, 4.69) is 43.5 Å². The second-order valence-electron chi connectivity index (χ2n) is 22.4. The van der Waals surface area contributed by atoms with Gasteiger partial charge in [-0.1, -0.05) is 281 Å². The average molecular weight is 1020 g/mol. The highest BCUT2D eigenvalue weighted by molar-refractivity contribution is 7.45. The Labute approximate surface area is 442 Å². The zero-order chi connectivity index (χ0) is 52.0. The Morgan fingerprint density at radius 1 is 0.493 bits per heavy atom. The van der Waals surface area contributed by atoms with Crippen LogP contribution in [0.25, 0.3) is 0 Å². The summed E-state index contributed by atoms with van der Waals surface area (Å²) < 4.78 is 23.3. The number of allylic oxidation sites excluding steroid dienone is 5. The lowest BCUT2D eigenvalue weighted by Gasteiger charge is -2.29. The van der Waals surface area contributed by atoms with Gasteiger partial charge in [-0.2, -0.15) is 0 Å². The van der Waals surface area contributed by atoms with Crippen LogP contribution in [0.5, 0.6) is 0 Å². The van der Waals surface area contributed by atoms with Crippen molar-refractivity contribution in [3.8, 4) is 0 Å². The van der Waals surface area contributed by atoms with Crippen molar-refractivity contribution in [1.82, 2.24) is 5.32 Å². The molecule has 3 unspecified atom stereocenters. The molecule has 0 spiro atoms. The molecule has 71 heavy (non-hydrogen) atoms. The molecule has 0 rings (SSSR count). The number of aliphatic hydroxyl groups is 1. The van der Waals surface area contributed by atoms with E-state index in [-0.39, 0.29) is 19.1 Å². The quantitative estimate of drug-likeness (QED) is 0.0272. The average Bonchev–Trinajstić information content (AvgIpc) is 3.33. The number of carbonyl (C=O) groups excluding carboxylic acids is 1. The molecule has 9 heteroatoms. The van der Waals surface area contributed by atoms with E-state index in [1.165, 1.54) is 238 Å². The molecule has 2 N–H and O–H groups in total. The van der Waals surface area contributed by atoms with Crippen LogP contribution in [-0.4, -0.2) is 68.5 Å². The summed E-state index contributed by atoms with van der Waals surface area (Å²) in [6.45, 7) is 4.67. The molecule has 0 heterocycles. The van der Waals surface area contributed by atoms with E-state index in [0.717, 1.165) is 44.9 Å². The van der Waals surface area contributed by atoms with Crippen LogP contribution < -0.4 is 10.2 Å². The van der Waals surface area contributed by atoms with Crippen LogP contribution in [0, 0.1) is 0 Å². The molecule has 0 fully saturated rings. The van der Waals surface area contributed by atoms with Gasteiger partial charge in [0.15, 0.2) is 0 Å². The van der Waals surface area contributed by atoms with Gasteiger partial charge in [0.1, 0.15) is 13.2 Å². The standard InChI is InChI=1S/C62H121N2O6P/c1-6-8-10-12-14-16-18-20-21-22-23-24-25-26-27-28-29-30-31-32-33-34-35-36-37-38-39-40-41-42-43-44-46-48-50-52-54-56-62(66)63-60(59-70-71(67,68)69-58-57-64(3,4)5)61(65)55-53-51-49-47-45-19-17-15-13-11-9-7-2/h27-28,30-31,53,55,60-61,65H,6-26,29,32-52,54,56-59H2,1-5H3,(H-,63,66,67,68)/b28-27-,31-30-,55-53+. The van der Waals surface area contributed by atoms with Gasteiger partial charge < -0.3 is 28.8 Å². The van der Waals surface area contributed by atoms with Crippen molar-refractivity contribution in [2.24, 2.45) is 0 Å². The maximum atomic E-state index is 12.9. The summed E-state index contributed by atoms with van der Waals surface area (Å²) in [5, 5.41) is 13.8. The van der Waals surface area contributed by atoms with Crippen LogP contribution in [-0.2, 0) is 18.4 Å². The Morgan fingerprint density at radius 2 is 0.817 bits per heavy atom. The van der Waals surface area contributed by atoms with E-state index >= 15 is 0 Å². The lowest BCUT2D eigenvalue weighted by atomic mass is 10.0. The number of quaternary nitrogens is 1. The summed E-state index contributed by atoms with van der Waals surface area (Å²) in [4.78, 5) is 25.4. The third-order valence-electron chi connectivity index (χ3n) is 14.1. The first-order valence-corrected chi connectivity index (χ1v) is 32.3. The van der Waals surface area contributed by atoms with Gasteiger partial charge in [-0.3, -0.25) is 9.36 Å². The third kappa shape index (κ3) is 56.3. The summed E-state index contributed by atoms with van der Waals surface area (Å²) >= 11 is 0. The molecule has 0 aliphatic rings. The number of phosphoric acid groups is 1.